The number of rotatable bonds is 7. The van der Waals surface area contributed by atoms with Crippen molar-refractivity contribution in [1.29, 1.82) is 0 Å². The summed E-state index contributed by atoms with van der Waals surface area (Å²) in [5, 5.41) is 9.35. The van der Waals surface area contributed by atoms with Crippen molar-refractivity contribution >= 4 is 38.3 Å². The van der Waals surface area contributed by atoms with Gasteiger partial charge < -0.3 is 4.74 Å². The number of hydrogen-bond acceptors (Lipinski definition) is 6. The van der Waals surface area contributed by atoms with Gasteiger partial charge in [0.25, 0.3) is 5.56 Å². The van der Waals surface area contributed by atoms with Gasteiger partial charge in [-0.05, 0) is 61.0 Å². The molecule has 0 aliphatic heterocycles. The number of ether oxygens (including phenoxy) is 1. The maximum atomic E-state index is 13.3. The van der Waals surface area contributed by atoms with Crippen molar-refractivity contribution in [2.24, 2.45) is 0 Å². The summed E-state index contributed by atoms with van der Waals surface area (Å²) in [6, 6.07) is 25.5. The van der Waals surface area contributed by atoms with E-state index in [0.717, 1.165) is 44.7 Å². The van der Waals surface area contributed by atoms with Crippen molar-refractivity contribution < 1.29 is 4.74 Å². The lowest BCUT2D eigenvalue weighted by Gasteiger charge is -2.04. The monoisotopic (exact) mass is 583 g/mol. The van der Waals surface area contributed by atoms with E-state index < -0.39 is 0 Å². The summed E-state index contributed by atoms with van der Waals surface area (Å²) in [6.07, 6.45) is 4.76. The molecule has 0 bridgehead atoms. The summed E-state index contributed by atoms with van der Waals surface area (Å²) in [5.74, 6) is 1.31. The van der Waals surface area contributed by atoms with E-state index in [1.807, 2.05) is 95.8 Å². The van der Waals surface area contributed by atoms with E-state index >= 15 is 0 Å². The van der Waals surface area contributed by atoms with Gasteiger partial charge in [0.15, 0.2) is 5.82 Å². The molecule has 0 saturated heterocycles. The number of halogens is 1. The Hall–Kier alpha value is -4.08. The van der Waals surface area contributed by atoms with Crippen molar-refractivity contribution in [3.05, 3.63) is 110 Å². The van der Waals surface area contributed by atoms with Crippen molar-refractivity contribution in [3.63, 3.8) is 0 Å². The molecule has 188 valence electrons. The quantitative estimate of drug-likeness (QED) is 0.238. The van der Waals surface area contributed by atoms with Crippen molar-refractivity contribution in [3.8, 4) is 34.1 Å². The first kappa shape index (κ1) is 24.3. The molecule has 0 unspecified atom stereocenters. The predicted molar refractivity (Wildman–Crippen MR) is 154 cm³/mol. The highest BCUT2D eigenvalue weighted by molar-refractivity contribution is 9.10. The van der Waals surface area contributed by atoms with Crippen LogP contribution in [0.5, 0.6) is 5.75 Å². The molecule has 0 atom stereocenters. The maximum absolute atomic E-state index is 13.3. The highest BCUT2D eigenvalue weighted by Gasteiger charge is 2.15. The van der Waals surface area contributed by atoms with Crippen molar-refractivity contribution in [2.45, 2.75) is 13.3 Å². The molecule has 6 aromatic rings. The van der Waals surface area contributed by atoms with Crippen LogP contribution in [0.3, 0.4) is 0 Å². The van der Waals surface area contributed by atoms with Crippen LogP contribution in [0.15, 0.2) is 94.3 Å². The first-order chi connectivity index (χ1) is 18.6. The molecule has 7 nitrogen and oxygen atoms in total. The summed E-state index contributed by atoms with van der Waals surface area (Å²) in [7, 11) is 0. The van der Waals surface area contributed by atoms with Crippen LogP contribution in [-0.4, -0.2) is 31.0 Å². The van der Waals surface area contributed by atoms with E-state index in [-0.39, 0.29) is 5.56 Å². The zero-order chi connectivity index (χ0) is 26.1. The second-order valence-electron chi connectivity index (χ2n) is 8.64. The Labute approximate surface area is 230 Å². The maximum Gasteiger partial charge on any atom is 0.291 e. The molecule has 0 aliphatic rings. The molecule has 3 aromatic heterocycles. The zero-order valence-corrected chi connectivity index (χ0v) is 22.8. The SMILES string of the molecule is CCCOc1ccc(-c2nc3s/c(=C\c4cn(-c5ccccc5)nc4-c4ccc(Br)cc4)c(=O)n3n2)cc1. The molecule has 0 amide bonds. The molecule has 0 N–H and O–H groups in total. The van der Waals surface area contributed by atoms with Gasteiger partial charge in [-0.1, -0.05) is 64.5 Å². The molecular formula is C29H22BrN5O2S. The smallest absolute Gasteiger partial charge is 0.291 e. The molecule has 0 saturated carbocycles. The average Bonchev–Trinajstić information content (AvgIpc) is 3.64. The van der Waals surface area contributed by atoms with Gasteiger partial charge in [-0.2, -0.15) is 14.6 Å². The van der Waals surface area contributed by atoms with Gasteiger partial charge in [-0.15, -0.1) is 5.10 Å². The van der Waals surface area contributed by atoms with Crippen LogP contribution < -0.4 is 14.8 Å². The summed E-state index contributed by atoms with van der Waals surface area (Å²) < 4.78 is 10.4. The van der Waals surface area contributed by atoms with Crippen LogP contribution in [0.25, 0.3) is 39.4 Å². The van der Waals surface area contributed by atoms with E-state index in [4.69, 9.17) is 9.84 Å². The third-order valence-corrected chi connectivity index (χ3v) is 7.42. The minimum atomic E-state index is -0.208. The van der Waals surface area contributed by atoms with Crippen LogP contribution in [0, 0.1) is 0 Å². The Kier molecular flexibility index (Phi) is 6.61. The molecule has 0 radical (unpaired) electrons. The minimum absolute atomic E-state index is 0.208. The normalized spacial score (nSPS) is 11.9. The first-order valence-corrected chi connectivity index (χ1v) is 13.8. The van der Waals surface area contributed by atoms with Gasteiger partial charge in [0.05, 0.1) is 22.5 Å². The lowest BCUT2D eigenvalue weighted by atomic mass is 10.1. The number of thiazole rings is 1. The lowest BCUT2D eigenvalue weighted by molar-refractivity contribution is 0.317. The molecule has 9 heteroatoms. The van der Waals surface area contributed by atoms with Gasteiger partial charge >= 0.3 is 0 Å². The Balaban J connectivity index is 1.40. The van der Waals surface area contributed by atoms with Gasteiger partial charge in [0.2, 0.25) is 4.96 Å². The second kappa shape index (κ2) is 10.4. The Morgan fingerprint density at radius 2 is 1.68 bits per heavy atom. The summed E-state index contributed by atoms with van der Waals surface area (Å²) in [6.45, 7) is 2.74. The summed E-state index contributed by atoms with van der Waals surface area (Å²) in [5.41, 5.74) is 4.13. The topological polar surface area (TPSA) is 74.3 Å². The van der Waals surface area contributed by atoms with Gasteiger partial charge in [-0.25, -0.2) is 4.68 Å². The van der Waals surface area contributed by atoms with Gasteiger partial charge in [0.1, 0.15) is 5.75 Å². The fourth-order valence-electron chi connectivity index (χ4n) is 4.06. The molecular weight excluding hydrogens is 562 g/mol. The summed E-state index contributed by atoms with van der Waals surface area (Å²) >= 11 is 4.81. The minimum Gasteiger partial charge on any atom is -0.494 e. The second-order valence-corrected chi connectivity index (χ2v) is 10.6. The molecule has 0 spiro atoms. The number of aromatic nitrogens is 5. The highest BCUT2D eigenvalue weighted by Crippen LogP contribution is 2.26. The van der Waals surface area contributed by atoms with Gasteiger partial charge in [0, 0.05) is 27.4 Å². The van der Waals surface area contributed by atoms with Crippen LogP contribution in [0.2, 0.25) is 0 Å². The molecule has 0 aliphatic carbocycles. The molecule has 6 rings (SSSR count). The van der Waals surface area contributed by atoms with Crippen LogP contribution >= 0.6 is 27.3 Å². The van der Waals surface area contributed by atoms with Crippen molar-refractivity contribution in [2.75, 3.05) is 6.61 Å². The Morgan fingerprint density at radius 3 is 2.39 bits per heavy atom. The largest absolute Gasteiger partial charge is 0.494 e. The van der Waals surface area contributed by atoms with Gasteiger partial charge in [-0.3, -0.25) is 4.79 Å². The third kappa shape index (κ3) is 4.78. The zero-order valence-electron chi connectivity index (χ0n) is 20.4. The molecule has 3 heterocycles. The van der Waals surface area contributed by atoms with E-state index in [2.05, 4.69) is 32.9 Å². The van der Waals surface area contributed by atoms with Crippen molar-refractivity contribution in [1.82, 2.24) is 24.4 Å². The van der Waals surface area contributed by atoms with Crippen LogP contribution in [0.1, 0.15) is 18.9 Å². The number of hydrogen-bond donors (Lipinski definition) is 0. The van der Waals surface area contributed by atoms with Crippen LogP contribution in [-0.2, 0) is 0 Å². The number of benzene rings is 3. The molecule has 38 heavy (non-hydrogen) atoms. The standard InChI is InChI=1S/C29H22BrN5O2S/c1-2-16-37-24-14-10-20(11-15-24)27-31-29-35(33-27)28(36)25(38-29)17-21-18-34(23-6-4-3-5-7-23)32-26(21)19-8-12-22(30)13-9-19/h3-15,17-18H,2,16H2,1H3/b25-17-. The first-order valence-electron chi connectivity index (χ1n) is 12.1. The van der Waals surface area contributed by atoms with Crippen LogP contribution in [0.4, 0.5) is 0 Å². The Morgan fingerprint density at radius 1 is 0.947 bits per heavy atom. The van der Waals surface area contributed by atoms with E-state index in [1.165, 1.54) is 15.9 Å². The highest BCUT2D eigenvalue weighted by atomic mass is 79.9. The number of nitrogens with zero attached hydrogens (tertiary/aromatic N) is 5. The van der Waals surface area contributed by atoms with E-state index in [1.54, 1.807) is 0 Å². The summed E-state index contributed by atoms with van der Waals surface area (Å²) in [4.78, 5) is 18.5. The van der Waals surface area contributed by atoms with E-state index in [0.29, 0.717) is 21.9 Å². The predicted octanol–water partition coefficient (Wildman–Crippen LogP) is 5.77. The number of para-hydroxylation sites is 1. The third-order valence-electron chi connectivity index (χ3n) is 5.93. The molecule has 0 fully saturated rings. The fourth-order valence-corrected chi connectivity index (χ4v) is 5.22. The Bertz CT molecular complexity index is 1820. The lowest BCUT2D eigenvalue weighted by Crippen LogP contribution is -2.23. The fraction of sp³-hybridized carbons (Fsp3) is 0.103. The number of fused-ring (bicyclic) bond motifs is 1. The van der Waals surface area contributed by atoms with E-state index in [9.17, 15) is 4.79 Å². The molecule has 3 aromatic carbocycles. The average molecular weight is 584 g/mol.